The number of rotatable bonds is 4. The van der Waals surface area contributed by atoms with Gasteiger partial charge in [0.25, 0.3) is 0 Å². The first-order chi connectivity index (χ1) is 16.0. The van der Waals surface area contributed by atoms with Gasteiger partial charge in [-0.15, -0.1) is 0 Å². The normalized spacial score (nSPS) is 26.0. The van der Waals surface area contributed by atoms with Crippen molar-refractivity contribution in [3.63, 3.8) is 0 Å². The number of esters is 1. The summed E-state index contributed by atoms with van der Waals surface area (Å²) in [6, 6.07) is 4.87. The van der Waals surface area contributed by atoms with E-state index in [9.17, 15) is 39.9 Å². The van der Waals surface area contributed by atoms with Crippen LogP contribution in [0.25, 0.3) is 0 Å². The molecule has 2 aromatic rings. The Morgan fingerprint density at radius 1 is 0.971 bits per heavy atom. The number of phenolic OH excluding ortho intramolecular Hbond substituents is 2. The van der Waals surface area contributed by atoms with Crippen LogP contribution in [0, 0.1) is 6.92 Å². The summed E-state index contributed by atoms with van der Waals surface area (Å²) in [6.07, 6.45) is -7.87. The molecular weight excluding hydrogens is 452 g/mol. The molecule has 5 N–H and O–H groups in total. The molecule has 5 atom stereocenters. The van der Waals surface area contributed by atoms with E-state index in [1.54, 1.807) is 0 Å². The fourth-order valence-electron chi connectivity index (χ4n) is 3.95. The number of aliphatic hydroxyl groups excluding tert-OH is 3. The van der Waals surface area contributed by atoms with Crippen LogP contribution in [0.2, 0.25) is 0 Å². The van der Waals surface area contributed by atoms with E-state index >= 15 is 0 Å². The SMILES string of the molecule is CC(=O)OC[C@@H]1O[C@H](Oc2cc3c(c(O)c2C)C(=O)c2ccc(O)cc2C3=O)[C@@H](O)[C@H](O)[C@H]1O. The van der Waals surface area contributed by atoms with Gasteiger partial charge in [0.1, 0.15) is 48.3 Å². The molecule has 11 nitrogen and oxygen atoms in total. The van der Waals surface area contributed by atoms with Gasteiger partial charge in [-0.2, -0.15) is 0 Å². The summed E-state index contributed by atoms with van der Waals surface area (Å²) in [5.74, 6) is -2.80. The largest absolute Gasteiger partial charge is 0.508 e. The molecular formula is C23H22O11. The average Bonchev–Trinajstić information content (AvgIpc) is 2.79. The highest BCUT2D eigenvalue weighted by Crippen LogP contribution is 2.41. The predicted molar refractivity (Wildman–Crippen MR) is 112 cm³/mol. The maximum Gasteiger partial charge on any atom is 0.302 e. The summed E-state index contributed by atoms with van der Waals surface area (Å²) < 4.78 is 15.9. The lowest BCUT2D eigenvalue weighted by Gasteiger charge is -2.40. The van der Waals surface area contributed by atoms with Gasteiger partial charge in [0.15, 0.2) is 11.6 Å². The number of aliphatic hydroxyl groups is 3. The molecule has 0 amide bonds. The lowest BCUT2D eigenvalue weighted by Crippen LogP contribution is -2.60. The molecule has 0 aromatic heterocycles. The van der Waals surface area contributed by atoms with E-state index in [1.807, 2.05) is 0 Å². The first kappa shape index (κ1) is 23.6. The lowest BCUT2D eigenvalue weighted by atomic mass is 9.82. The van der Waals surface area contributed by atoms with Gasteiger partial charge in [0, 0.05) is 29.2 Å². The molecule has 0 spiro atoms. The van der Waals surface area contributed by atoms with Crippen LogP contribution in [0.3, 0.4) is 0 Å². The Morgan fingerprint density at radius 2 is 1.68 bits per heavy atom. The van der Waals surface area contributed by atoms with E-state index in [-0.39, 0.29) is 39.3 Å². The summed E-state index contributed by atoms with van der Waals surface area (Å²) in [4.78, 5) is 37.1. The number of aromatic hydroxyl groups is 2. The molecule has 0 saturated carbocycles. The molecule has 0 bridgehead atoms. The molecule has 1 fully saturated rings. The Morgan fingerprint density at radius 3 is 2.35 bits per heavy atom. The van der Waals surface area contributed by atoms with Crippen molar-refractivity contribution in [3.05, 3.63) is 52.1 Å². The number of hydrogen-bond acceptors (Lipinski definition) is 11. The zero-order chi connectivity index (χ0) is 24.9. The van der Waals surface area contributed by atoms with Gasteiger partial charge in [-0.1, -0.05) is 0 Å². The summed E-state index contributed by atoms with van der Waals surface area (Å²) in [5.41, 5.74) is -0.407. The molecule has 1 saturated heterocycles. The third-order valence-electron chi connectivity index (χ3n) is 5.83. The van der Waals surface area contributed by atoms with Crippen LogP contribution in [0.15, 0.2) is 24.3 Å². The van der Waals surface area contributed by atoms with Gasteiger partial charge in [-0.05, 0) is 31.2 Å². The average molecular weight is 474 g/mol. The van der Waals surface area contributed by atoms with Crippen LogP contribution in [0.4, 0.5) is 0 Å². The summed E-state index contributed by atoms with van der Waals surface area (Å²) >= 11 is 0. The Hall–Kier alpha value is -3.51. The van der Waals surface area contributed by atoms with Crippen LogP contribution >= 0.6 is 0 Å². The standard InChI is InChI=1S/C23H22O11/c1-8-14(33-23-22(31)21(30)20(29)15(34-23)7-32-9(2)24)6-13-16(17(8)26)19(28)11-4-3-10(25)5-12(11)18(13)27/h3-6,15,20-23,25-26,29-31H,7H2,1-2H3/t15-,20-,21+,22-,23-/m0/s1. The highest BCUT2D eigenvalue weighted by molar-refractivity contribution is 6.29. The maximum atomic E-state index is 13.0. The van der Waals surface area contributed by atoms with Crippen LogP contribution < -0.4 is 4.74 Å². The Kier molecular flexibility index (Phi) is 6.04. The zero-order valence-electron chi connectivity index (χ0n) is 18.1. The van der Waals surface area contributed by atoms with Crippen molar-refractivity contribution in [2.75, 3.05) is 6.61 Å². The van der Waals surface area contributed by atoms with Gasteiger partial charge in [0.05, 0.1) is 5.56 Å². The quantitative estimate of drug-likeness (QED) is 0.319. The summed E-state index contributed by atoms with van der Waals surface area (Å²) in [5, 5.41) is 51.1. The van der Waals surface area contributed by atoms with E-state index in [2.05, 4.69) is 0 Å². The van der Waals surface area contributed by atoms with Crippen LogP contribution in [-0.4, -0.2) is 80.4 Å². The predicted octanol–water partition coefficient (Wildman–Crippen LogP) is -0.0689. The minimum Gasteiger partial charge on any atom is -0.508 e. The fraction of sp³-hybridized carbons (Fsp3) is 0.348. The van der Waals surface area contributed by atoms with E-state index in [1.165, 1.54) is 25.1 Å². The number of hydrogen-bond donors (Lipinski definition) is 5. The van der Waals surface area contributed by atoms with Gasteiger partial charge >= 0.3 is 5.97 Å². The number of fused-ring (bicyclic) bond motifs is 2. The highest BCUT2D eigenvalue weighted by atomic mass is 16.7. The second kappa shape index (κ2) is 8.69. The number of phenols is 2. The van der Waals surface area contributed by atoms with Crippen molar-refractivity contribution in [3.8, 4) is 17.2 Å². The number of carbonyl (C=O) groups is 3. The van der Waals surface area contributed by atoms with Crippen molar-refractivity contribution < 1.29 is 54.1 Å². The fourth-order valence-corrected chi connectivity index (χ4v) is 3.95. The van der Waals surface area contributed by atoms with E-state index in [0.717, 1.165) is 13.0 Å². The molecule has 180 valence electrons. The zero-order valence-corrected chi connectivity index (χ0v) is 18.1. The third kappa shape index (κ3) is 3.88. The van der Waals surface area contributed by atoms with Crippen molar-refractivity contribution in [2.45, 2.75) is 44.6 Å². The molecule has 2 aliphatic rings. The second-order valence-corrected chi connectivity index (χ2v) is 8.09. The number of ether oxygens (including phenoxy) is 3. The van der Waals surface area contributed by atoms with Crippen molar-refractivity contribution in [1.29, 1.82) is 0 Å². The monoisotopic (exact) mass is 474 g/mol. The topological polar surface area (TPSA) is 180 Å². The highest BCUT2D eigenvalue weighted by Gasteiger charge is 2.46. The lowest BCUT2D eigenvalue weighted by molar-refractivity contribution is -0.278. The van der Waals surface area contributed by atoms with Gasteiger partial charge in [0.2, 0.25) is 6.29 Å². The second-order valence-electron chi connectivity index (χ2n) is 8.09. The van der Waals surface area contributed by atoms with Crippen molar-refractivity contribution in [2.24, 2.45) is 0 Å². The van der Waals surface area contributed by atoms with Crippen LogP contribution in [0.5, 0.6) is 17.2 Å². The Labute approximate surface area is 192 Å². The first-order valence-electron chi connectivity index (χ1n) is 10.3. The number of benzene rings is 2. The minimum absolute atomic E-state index is 0.0233. The summed E-state index contributed by atoms with van der Waals surface area (Å²) in [7, 11) is 0. The molecule has 1 heterocycles. The number of carbonyl (C=O) groups excluding carboxylic acids is 3. The first-order valence-corrected chi connectivity index (χ1v) is 10.3. The van der Waals surface area contributed by atoms with E-state index in [4.69, 9.17) is 14.2 Å². The molecule has 1 aliphatic heterocycles. The number of ketones is 2. The third-order valence-corrected chi connectivity index (χ3v) is 5.83. The molecule has 34 heavy (non-hydrogen) atoms. The molecule has 11 heteroatoms. The van der Waals surface area contributed by atoms with Gasteiger partial charge in [-0.3, -0.25) is 14.4 Å². The van der Waals surface area contributed by atoms with E-state index < -0.39 is 60.6 Å². The molecule has 0 radical (unpaired) electrons. The Bertz CT molecular complexity index is 1190. The smallest absolute Gasteiger partial charge is 0.302 e. The molecule has 4 rings (SSSR count). The van der Waals surface area contributed by atoms with Crippen LogP contribution in [0.1, 0.15) is 44.3 Å². The van der Waals surface area contributed by atoms with Crippen molar-refractivity contribution in [1.82, 2.24) is 0 Å². The molecule has 0 unspecified atom stereocenters. The Balaban J connectivity index is 1.69. The van der Waals surface area contributed by atoms with Crippen molar-refractivity contribution >= 4 is 17.5 Å². The summed E-state index contributed by atoms with van der Waals surface area (Å²) in [6.45, 7) is 2.12. The van der Waals surface area contributed by atoms with Gasteiger partial charge in [-0.25, -0.2) is 0 Å². The molecule has 2 aromatic carbocycles. The van der Waals surface area contributed by atoms with E-state index in [0.29, 0.717) is 0 Å². The van der Waals surface area contributed by atoms with Gasteiger partial charge < -0.3 is 39.7 Å². The van der Waals surface area contributed by atoms with Crippen LogP contribution in [-0.2, 0) is 14.3 Å². The molecule has 1 aliphatic carbocycles. The minimum atomic E-state index is -1.74. The maximum absolute atomic E-state index is 13.0.